The minimum Gasteiger partial charge on any atom is -0.508 e. The van der Waals surface area contributed by atoms with E-state index in [2.05, 4.69) is 11.8 Å². The fourth-order valence-electron chi connectivity index (χ4n) is 5.29. The standard InChI is InChI=1S/C19H24N2O3.C10H13NO2.C8H12N2.BrH/c1-4-21(7-8-22)17-11-18(23)15(10-19(17)24)9-14-5-6-16(20)13(3)12(14)2;1-2-11-5-6-13-10-4-3-8(12)7-9(10)11;1-5-6(2)8(10)4-3-7(5)9;/h5-6,10-11,22H,4,7-9,20H2,1-3H3;3-4,7,12H,2,5-6H2,1H3;3-4H,9-10H2,1-2H3;1H. The molecule has 3 aromatic carbocycles. The predicted molar refractivity (Wildman–Crippen MR) is 201 cm³/mol. The Hall–Kier alpha value is -4.48. The lowest BCUT2D eigenvalue weighted by molar-refractivity contribution is -0.116. The van der Waals surface area contributed by atoms with Crippen LogP contribution in [0.5, 0.6) is 11.5 Å². The van der Waals surface area contributed by atoms with Gasteiger partial charge < -0.3 is 42.0 Å². The molecule has 5 rings (SSSR count). The number of aromatic hydroxyl groups is 1. The number of halogens is 1. The van der Waals surface area contributed by atoms with E-state index in [4.69, 9.17) is 27.0 Å². The summed E-state index contributed by atoms with van der Waals surface area (Å²) in [6.07, 6.45) is 3.21. The summed E-state index contributed by atoms with van der Waals surface area (Å²) < 4.78 is 5.46. The molecule has 2 aliphatic rings. The van der Waals surface area contributed by atoms with E-state index < -0.39 is 0 Å². The molecular formula is C37H50BrN5O5. The summed E-state index contributed by atoms with van der Waals surface area (Å²) in [6, 6.07) is 12.6. The monoisotopic (exact) mass is 723 g/mol. The first-order chi connectivity index (χ1) is 22.3. The second kappa shape index (κ2) is 18.2. The van der Waals surface area contributed by atoms with Gasteiger partial charge in [-0.3, -0.25) is 9.59 Å². The summed E-state index contributed by atoms with van der Waals surface area (Å²) in [6.45, 7) is 15.2. The Kier molecular flexibility index (Phi) is 15.0. The second-order valence-corrected chi connectivity index (χ2v) is 11.5. The molecule has 0 atom stereocenters. The maximum absolute atomic E-state index is 12.4. The highest BCUT2D eigenvalue weighted by atomic mass is 79.9. The number of phenolic OH excluding ortho intramolecular Hbond substituents is 1. The van der Waals surface area contributed by atoms with Crippen LogP contribution in [-0.4, -0.2) is 66.1 Å². The van der Waals surface area contributed by atoms with E-state index in [1.807, 2.05) is 65.0 Å². The topological polar surface area (TPSA) is 168 Å². The number of benzene rings is 3. The normalized spacial score (nSPS) is 13.4. The van der Waals surface area contributed by atoms with Crippen LogP contribution in [0.25, 0.3) is 0 Å². The smallest absolute Gasteiger partial charge is 0.202 e. The minimum atomic E-state index is -0.190. The number of ether oxygens (including phenoxy) is 1. The van der Waals surface area contributed by atoms with Crippen LogP contribution in [0, 0.1) is 27.7 Å². The number of hydrogen-bond acceptors (Lipinski definition) is 10. The summed E-state index contributed by atoms with van der Waals surface area (Å²) in [5.41, 5.74) is 26.5. The third-order valence-corrected chi connectivity index (χ3v) is 8.71. The molecule has 8 N–H and O–H groups in total. The van der Waals surface area contributed by atoms with Gasteiger partial charge in [0.25, 0.3) is 0 Å². The van der Waals surface area contributed by atoms with Crippen molar-refractivity contribution in [2.45, 2.75) is 48.0 Å². The summed E-state index contributed by atoms with van der Waals surface area (Å²) >= 11 is 0. The van der Waals surface area contributed by atoms with Gasteiger partial charge in [-0.2, -0.15) is 0 Å². The van der Waals surface area contributed by atoms with Crippen molar-refractivity contribution in [2.24, 2.45) is 0 Å². The molecule has 0 saturated carbocycles. The average molecular weight is 725 g/mol. The molecule has 0 aromatic heterocycles. The van der Waals surface area contributed by atoms with Crippen LogP contribution in [0.15, 0.2) is 65.9 Å². The zero-order valence-electron chi connectivity index (χ0n) is 28.8. The van der Waals surface area contributed by atoms with Gasteiger partial charge in [-0.15, -0.1) is 17.0 Å². The van der Waals surface area contributed by atoms with Gasteiger partial charge in [0.05, 0.1) is 24.5 Å². The Balaban J connectivity index is 0.000000278. The number of anilines is 4. The molecule has 0 unspecified atom stereocenters. The molecule has 0 amide bonds. The van der Waals surface area contributed by atoms with Crippen molar-refractivity contribution in [1.29, 1.82) is 0 Å². The van der Waals surface area contributed by atoms with Gasteiger partial charge in [0, 0.05) is 60.8 Å². The highest BCUT2D eigenvalue weighted by Crippen LogP contribution is 2.34. The van der Waals surface area contributed by atoms with E-state index in [1.165, 1.54) is 12.2 Å². The van der Waals surface area contributed by atoms with Crippen molar-refractivity contribution in [1.82, 2.24) is 4.90 Å². The fourth-order valence-corrected chi connectivity index (χ4v) is 5.29. The van der Waals surface area contributed by atoms with Crippen LogP contribution in [0.2, 0.25) is 0 Å². The van der Waals surface area contributed by atoms with Crippen molar-refractivity contribution < 1.29 is 24.5 Å². The number of fused-ring (bicyclic) bond motifs is 1. The number of carbonyl (C=O) groups is 2. The number of rotatable bonds is 7. The van der Waals surface area contributed by atoms with Gasteiger partial charge in [-0.05, 0) is 106 Å². The van der Waals surface area contributed by atoms with Gasteiger partial charge >= 0.3 is 0 Å². The zero-order valence-corrected chi connectivity index (χ0v) is 30.5. The Morgan fingerprint density at radius 1 is 0.833 bits per heavy atom. The molecule has 10 nitrogen and oxygen atoms in total. The maximum atomic E-state index is 12.4. The van der Waals surface area contributed by atoms with Gasteiger partial charge in [0.2, 0.25) is 5.78 Å². The third-order valence-electron chi connectivity index (χ3n) is 8.71. The SMILES string of the molecule is Br.CCN(CCO)C1=CC(=O)C(Cc2ccc(N)c(C)c2C)=CC1=O.CCN1CCOc2ccc(O)cc21.Cc1c(N)ccc(N)c1C. The van der Waals surface area contributed by atoms with Crippen molar-refractivity contribution in [3.05, 3.63) is 93.7 Å². The molecule has 3 aromatic rings. The molecule has 260 valence electrons. The van der Waals surface area contributed by atoms with E-state index in [9.17, 15) is 14.7 Å². The first-order valence-electron chi connectivity index (χ1n) is 15.9. The number of phenols is 1. The number of allylic oxidation sites excluding steroid dienone is 3. The molecule has 0 fully saturated rings. The van der Waals surface area contributed by atoms with E-state index in [0.29, 0.717) is 36.5 Å². The lowest BCUT2D eigenvalue weighted by Gasteiger charge is -2.30. The van der Waals surface area contributed by atoms with Crippen LogP contribution >= 0.6 is 17.0 Å². The Morgan fingerprint density at radius 2 is 1.42 bits per heavy atom. The number of nitrogen functional groups attached to an aromatic ring is 3. The Morgan fingerprint density at radius 3 is 1.98 bits per heavy atom. The highest BCUT2D eigenvalue weighted by molar-refractivity contribution is 8.93. The number of hydrogen-bond donors (Lipinski definition) is 5. The second-order valence-electron chi connectivity index (χ2n) is 11.5. The molecule has 1 heterocycles. The number of ketones is 2. The van der Waals surface area contributed by atoms with Crippen LogP contribution in [-0.2, 0) is 16.0 Å². The molecule has 0 saturated heterocycles. The summed E-state index contributed by atoms with van der Waals surface area (Å²) in [5.74, 6) is 0.813. The van der Waals surface area contributed by atoms with Gasteiger partial charge in [-0.25, -0.2) is 0 Å². The van der Waals surface area contributed by atoms with Gasteiger partial charge in [-0.1, -0.05) is 6.07 Å². The van der Waals surface area contributed by atoms with E-state index in [1.54, 1.807) is 17.0 Å². The third kappa shape index (κ3) is 9.77. The van der Waals surface area contributed by atoms with Gasteiger partial charge in [0.1, 0.15) is 18.1 Å². The minimum absolute atomic E-state index is 0. The van der Waals surface area contributed by atoms with E-state index in [0.717, 1.165) is 76.0 Å². The van der Waals surface area contributed by atoms with Crippen LogP contribution in [0.1, 0.15) is 41.7 Å². The van der Waals surface area contributed by atoms with Crippen LogP contribution in [0.3, 0.4) is 0 Å². The number of likely N-dealkylation sites (N-methyl/N-ethyl adjacent to an activating group) is 2. The Labute approximate surface area is 294 Å². The quantitative estimate of drug-likeness (QED) is 0.158. The lowest BCUT2D eigenvalue weighted by Crippen LogP contribution is -2.32. The summed E-state index contributed by atoms with van der Waals surface area (Å²) in [7, 11) is 0. The first kappa shape index (κ1) is 39.7. The highest BCUT2D eigenvalue weighted by Gasteiger charge is 2.24. The van der Waals surface area contributed by atoms with Gasteiger partial charge in [0.15, 0.2) is 5.78 Å². The van der Waals surface area contributed by atoms with Crippen molar-refractivity contribution in [3.63, 3.8) is 0 Å². The molecule has 48 heavy (non-hydrogen) atoms. The van der Waals surface area contributed by atoms with Crippen LogP contribution < -0.4 is 26.8 Å². The van der Waals surface area contributed by atoms with E-state index >= 15 is 0 Å². The van der Waals surface area contributed by atoms with Crippen LogP contribution in [0.4, 0.5) is 22.7 Å². The van der Waals surface area contributed by atoms with Crippen molar-refractivity contribution in [3.8, 4) is 11.5 Å². The zero-order chi connectivity index (χ0) is 34.8. The van der Waals surface area contributed by atoms with E-state index in [-0.39, 0.29) is 35.2 Å². The largest absolute Gasteiger partial charge is 0.508 e. The van der Waals surface area contributed by atoms with Crippen molar-refractivity contribution >= 4 is 51.3 Å². The lowest BCUT2D eigenvalue weighted by atomic mass is 9.91. The number of nitrogens with zero attached hydrogens (tertiary/aromatic N) is 2. The number of carbonyl (C=O) groups excluding carboxylic acids is 2. The number of aliphatic hydroxyl groups excluding tert-OH is 1. The average Bonchev–Trinajstić information content (AvgIpc) is 3.06. The molecule has 0 radical (unpaired) electrons. The predicted octanol–water partition coefficient (Wildman–Crippen LogP) is 5.36. The molecular weight excluding hydrogens is 674 g/mol. The molecule has 0 bridgehead atoms. The molecule has 0 spiro atoms. The first-order valence-corrected chi connectivity index (χ1v) is 15.9. The number of nitrogens with two attached hydrogens (primary N) is 3. The maximum Gasteiger partial charge on any atom is 0.202 e. The Bertz CT molecular complexity index is 1640. The summed E-state index contributed by atoms with van der Waals surface area (Å²) in [5, 5.41) is 18.4. The molecule has 1 aliphatic heterocycles. The molecule has 11 heteroatoms. The molecule has 1 aliphatic carbocycles. The van der Waals surface area contributed by atoms with Crippen molar-refractivity contribution in [2.75, 3.05) is 61.5 Å². The fraction of sp³-hybridized carbons (Fsp3) is 0.351. The number of aliphatic hydroxyl groups is 1. The summed E-state index contributed by atoms with van der Waals surface area (Å²) in [4.78, 5) is 28.7.